The van der Waals surface area contributed by atoms with Crippen LogP contribution in [0.25, 0.3) is 22.5 Å². The van der Waals surface area contributed by atoms with Gasteiger partial charge in [-0.15, -0.1) is 0 Å². The van der Waals surface area contributed by atoms with E-state index in [0.717, 1.165) is 47.3 Å². The summed E-state index contributed by atoms with van der Waals surface area (Å²) in [6, 6.07) is 16.2. The molecule has 0 amide bonds. The SMILES string of the molecule is CCCCc1nc(CO)c(Cl)n1Cc1ccc(-c2ccccc2-c2nn[n-]n2)cc1.[K+]. The van der Waals surface area contributed by atoms with Crippen molar-refractivity contribution in [1.29, 1.82) is 0 Å². The molecule has 0 radical (unpaired) electrons. The summed E-state index contributed by atoms with van der Waals surface area (Å²) < 4.78 is 1.99. The maximum Gasteiger partial charge on any atom is 1.00 e. The minimum Gasteiger partial charge on any atom is -0.390 e. The molecule has 154 valence electrons. The first-order valence-corrected chi connectivity index (χ1v) is 10.3. The molecule has 0 spiro atoms. The number of imidazole rings is 1. The van der Waals surface area contributed by atoms with Gasteiger partial charge in [0.15, 0.2) is 0 Å². The number of nitrogens with zero attached hydrogens (tertiary/aromatic N) is 6. The molecule has 9 heteroatoms. The molecule has 0 aliphatic carbocycles. The molecule has 0 atom stereocenters. The smallest absolute Gasteiger partial charge is 0.390 e. The number of aromatic nitrogens is 6. The van der Waals surface area contributed by atoms with Crippen molar-refractivity contribution in [2.24, 2.45) is 0 Å². The Morgan fingerprint density at radius 1 is 1.06 bits per heavy atom. The molecular weight excluding hydrogens is 439 g/mol. The van der Waals surface area contributed by atoms with Gasteiger partial charge in [0.05, 0.1) is 19.0 Å². The Balaban J connectivity index is 0.00000272. The van der Waals surface area contributed by atoms with Crippen molar-refractivity contribution in [2.75, 3.05) is 0 Å². The van der Waals surface area contributed by atoms with E-state index in [1.54, 1.807) is 0 Å². The van der Waals surface area contributed by atoms with Crippen LogP contribution in [0.3, 0.4) is 0 Å². The molecule has 2 aromatic carbocycles. The Morgan fingerprint density at radius 2 is 1.81 bits per heavy atom. The summed E-state index contributed by atoms with van der Waals surface area (Å²) in [6.07, 6.45) is 2.94. The number of hydrogen-bond donors (Lipinski definition) is 1. The van der Waals surface area contributed by atoms with E-state index in [4.69, 9.17) is 11.6 Å². The van der Waals surface area contributed by atoms with Gasteiger partial charge in [0, 0.05) is 12.0 Å². The second-order valence-electron chi connectivity index (χ2n) is 7.06. The second-order valence-corrected chi connectivity index (χ2v) is 7.42. The van der Waals surface area contributed by atoms with E-state index >= 15 is 0 Å². The number of unbranched alkanes of at least 4 members (excludes halogenated alkanes) is 1. The van der Waals surface area contributed by atoms with Crippen LogP contribution >= 0.6 is 11.6 Å². The summed E-state index contributed by atoms with van der Waals surface area (Å²) in [6.45, 7) is 2.59. The van der Waals surface area contributed by atoms with E-state index in [1.807, 2.05) is 28.8 Å². The van der Waals surface area contributed by atoms with Gasteiger partial charge in [0.2, 0.25) is 0 Å². The summed E-state index contributed by atoms with van der Waals surface area (Å²) >= 11 is 6.48. The van der Waals surface area contributed by atoms with Crippen LogP contribution in [0.15, 0.2) is 48.5 Å². The quantitative estimate of drug-likeness (QED) is 0.393. The van der Waals surface area contributed by atoms with Gasteiger partial charge in [-0.05, 0) is 23.1 Å². The average molecular weight is 461 g/mol. The molecule has 1 N–H and O–H groups in total. The zero-order valence-corrected chi connectivity index (χ0v) is 21.5. The van der Waals surface area contributed by atoms with E-state index < -0.39 is 0 Å². The molecule has 0 aliphatic heterocycles. The number of halogens is 1. The number of aryl methyl sites for hydroxylation is 1. The summed E-state index contributed by atoms with van der Waals surface area (Å²) in [5.41, 5.74) is 4.60. The monoisotopic (exact) mass is 460 g/mol. The number of aliphatic hydroxyl groups is 1. The molecule has 0 unspecified atom stereocenters. The topological polar surface area (TPSA) is 90.8 Å². The first-order valence-electron chi connectivity index (χ1n) is 9.93. The normalized spacial score (nSPS) is 10.8. The third-order valence-corrected chi connectivity index (χ3v) is 5.47. The molecule has 0 saturated carbocycles. The van der Waals surface area contributed by atoms with E-state index in [-0.39, 0.29) is 58.0 Å². The number of aliphatic hydroxyl groups excluding tert-OH is 1. The van der Waals surface area contributed by atoms with Crippen molar-refractivity contribution in [3.05, 3.63) is 70.8 Å². The van der Waals surface area contributed by atoms with Crippen LogP contribution in [0.4, 0.5) is 0 Å². The fourth-order valence-corrected chi connectivity index (χ4v) is 3.73. The van der Waals surface area contributed by atoms with Crippen LogP contribution in [-0.2, 0) is 19.6 Å². The van der Waals surface area contributed by atoms with Crippen molar-refractivity contribution >= 4 is 11.6 Å². The van der Waals surface area contributed by atoms with Crippen molar-refractivity contribution in [3.8, 4) is 22.5 Å². The summed E-state index contributed by atoms with van der Waals surface area (Å²) in [5, 5.41) is 25.2. The zero-order valence-electron chi connectivity index (χ0n) is 17.7. The molecule has 0 bridgehead atoms. The van der Waals surface area contributed by atoms with Crippen LogP contribution in [-0.4, -0.2) is 30.1 Å². The Kier molecular flexibility index (Phi) is 8.97. The zero-order chi connectivity index (χ0) is 20.9. The predicted molar refractivity (Wildman–Crippen MR) is 115 cm³/mol. The molecule has 4 aromatic rings. The van der Waals surface area contributed by atoms with Gasteiger partial charge < -0.3 is 14.8 Å². The van der Waals surface area contributed by atoms with Crippen LogP contribution in [0.1, 0.15) is 36.8 Å². The standard InChI is InChI=1S/C22H22ClN6O.K/c1-2-3-8-20-24-19(14-30)21(23)29(20)13-15-9-11-16(12-10-15)17-6-4-5-7-18(17)22-25-27-28-26-22;/h4-7,9-12,30H,2-3,8,13-14H2,1H3;/q-1;+1. The number of rotatable bonds is 8. The van der Waals surface area contributed by atoms with Crippen LogP contribution in [0, 0.1) is 0 Å². The second kappa shape index (κ2) is 11.5. The Bertz CT molecular complexity index is 1110. The van der Waals surface area contributed by atoms with Crippen molar-refractivity contribution in [1.82, 2.24) is 30.2 Å². The fraction of sp³-hybridized carbons (Fsp3) is 0.273. The van der Waals surface area contributed by atoms with Gasteiger partial charge >= 0.3 is 51.4 Å². The predicted octanol–water partition coefficient (Wildman–Crippen LogP) is 0.900. The average Bonchev–Trinajstić information content (AvgIpc) is 3.42. The van der Waals surface area contributed by atoms with Gasteiger partial charge in [0.25, 0.3) is 0 Å². The van der Waals surface area contributed by atoms with Crippen LogP contribution < -0.4 is 56.6 Å². The first-order chi connectivity index (χ1) is 14.7. The molecule has 31 heavy (non-hydrogen) atoms. The van der Waals surface area contributed by atoms with Crippen molar-refractivity contribution < 1.29 is 56.5 Å². The molecule has 0 fully saturated rings. The van der Waals surface area contributed by atoms with Crippen LogP contribution in [0.5, 0.6) is 0 Å². The van der Waals surface area contributed by atoms with Gasteiger partial charge in [-0.2, -0.15) is 0 Å². The van der Waals surface area contributed by atoms with Gasteiger partial charge in [0.1, 0.15) is 16.7 Å². The minimum atomic E-state index is -0.159. The molecule has 2 aromatic heterocycles. The van der Waals surface area contributed by atoms with Crippen molar-refractivity contribution in [2.45, 2.75) is 39.3 Å². The van der Waals surface area contributed by atoms with Gasteiger partial charge in [-0.25, -0.2) is 10.1 Å². The summed E-state index contributed by atoms with van der Waals surface area (Å²) in [5.74, 6) is 1.42. The molecule has 7 nitrogen and oxygen atoms in total. The van der Waals surface area contributed by atoms with E-state index in [0.29, 0.717) is 23.2 Å². The maximum atomic E-state index is 9.54. The molecule has 0 aliphatic rings. The largest absolute Gasteiger partial charge is 1.00 e. The molecular formula is C22H22ClKN6O. The van der Waals surface area contributed by atoms with E-state index in [1.165, 1.54) is 0 Å². The Morgan fingerprint density at radius 3 is 2.45 bits per heavy atom. The van der Waals surface area contributed by atoms with Crippen molar-refractivity contribution in [3.63, 3.8) is 0 Å². The van der Waals surface area contributed by atoms with Crippen LogP contribution in [0.2, 0.25) is 5.15 Å². The number of benzene rings is 2. The maximum absolute atomic E-state index is 9.54. The fourth-order valence-electron chi connectivity index (χ4n) is 3.47. The van der Waals surface area contributed by atoms with Gasteiger partial charge in [-0.1, -0.05) is 73.5 Å². The number of hydrogen-bond acceptors (Lipinski definition) is 5. The Hall–Kier alpha value is -1.39. The molecule has 4 rings (SSSR count). The third-order valence-electron chi connectivity index (χ3n) is 5.05. The minimum absolute atomic E-state index is 0. The van der Waals surface area contributed by atoms with E-state index in [2.05, 4.69) is 56.8 Å². The Labute approximate surface area is 228 Å². The first kappa shape index (κ1) is 24.3. The molecule has 2 heterocycles. The summed E-state index contributed by atoms with van der Waals surface area (Å²) in [4.78, 5) is 4.52. The molecule has 0 saturated heterocycles. The van der Waals surface area contributed by atoms with E-state index in [9.17, 15) is 5.11 Å². The number of tetrazole rings is 1. The van der Waals surface area contributed by atoms with Gasteiger partial charge in [-0.3, -0.25) is 10.4 Å². The third kappa shape index (κ3) is 5.51. The summed E-state index contributed by atoms with van der Waals surface area (Å²) in [7, 11) is 0.